The van der Waals surface area contributed by atoms with Crippen LogP contribution in [-0.2, 0) is 16.8 Å². The molecule has 1 saturated heterocycles. The van der Waals surface area contributed by atoms with E-state index in [2.05, 4.69) is 64.2 Å². The summed E-state index contributed by atoms with van der Waals surface area (Å²) >= 11 is 6.20. The number of aliphatic imine (C=N–C) groups is 1. The third-order valence-corrected chi connectivity index (χ3v) is 6.22. The molecular weight excluding hydrogens is 410 g/mol. The lowest BCUT2D eigenvalue weighted by Gasteiger charge is -2.28. The van der Waals surface area contributed by atoms with Crippen LogP contribution in [0, 0.1) is 0 Å². The van der Waals surface area contributed by atoms with Crippen molar-refractivity contribution in [2.75, 3.05) is 37.6 Å². The molecule has 0 bridgehead atoms. The van der Waals surface area contributed by atoms with E-state index in [-0.39, 0.29) is 11.3 Å². The zero-order chi connectivity index (χ0) is 21.7. The summed E-state index contributed by atoms with van der Waals surface area (Å²) in [5.41, 5.74) is 3.66. The molecule has 6 nitrogen and oxygen atoms in total. The van der Waals surface area contributed by atoms with Gasteiger partial charge in [-0.15, -0.1) is 0 Å². The van der Waals surface area contributed by atoms with Crippen LogP contribution < -0.4 is 20.9 Å². The van der Waals surface area contributed by atoms with Crippen molar-refractivity contribution in [2.45, 2.75) is 31.7 Å². The molecule has 1 heterocycles. The van der Waals surface area contributed by atoms with Crippen LogP contribution in [0.3, 0.4) is 0 Å². The molecule has 2 aromatic carbocycles. The summed E-state index contributed by atoms with van der Waals surface area (Å²) in [5.74, 6) is 0.903. The Labute approximate surface area is 189 Å². The molecule has 164 valence electrons. The molecule has 0 atom stereocenters. The lowest BCUT2D eigenvalue weighted by molar-refractivity contribution is -0.120. The van der Waals surface area contributed by atoms with E-state index in [1.165, 1.54) is 5.56 Å². The van der Waals surface area contributed by atoms with Crippen molar-refractivity contribution in [1.82, 2.24) is 16.0 Å². The van der Waals surface area contributed by atoms with Crippen LogP contribution in [0.4, 0.5) is 5.69 Å². The van der Waals surface area contributed by atoms with Crippen molar-refractivity contribution in [2.24, 2.45) is 4.99 Å². The first-order valence-electron chi connectivity index (χ1n) is 11.0. The van der Waals surface area contributed by atoms with Crippen LogP contribution in [0.5, 0.6) is 0 Å². The van der Waals surface area contributed by atoms with E-state index in [0.29, 0.717) is 19.6 Å². The number of carbonyl (C=O) groups excluding carboxylic acids is 1. The van der Waals surface area contributed by atoms with Crippen LogP contribution in [-0.4, -0.2) is 44.6 Å². The Morgan fingerprint density at radius 1 is 1.19 bits per heavy atom. The number of hydrogen-bond donors (Lipinski definition) is 3. The molecule has 2 aliphatic rings. The molecule has 1 aliphatic carbocycles. The molecular formula is C24H30ClN5O. The standard InChI is InChI=1S/C24H30ClN5O/c1-2-26-23(29-17-24(10-11-24)19-4-3-5-20(25)14-19)28-15-18-6-8-21(9-7-18)30-13-12-27-22(31)16-30/h3-9,14H,2,10-13,15-17H2,1H3,(H,27,31)(H2,26,28,29). The average molecular weight is 440 g/mol. The van der Waals surface area contributed by atoms with E-state index < -0.39 is 0 Å². The molecule has 2 aromatic rings. The molecule has 3 N–H and O–H groups in total. The number of guanidine groups is 1. The number of benzene rings is 2. The fourth-order valence-corrected chi connectivity index (χ4v) is 4.16. The summed E-state index contributed by atoms with van der Waals surface area (Å²) in [6.07, 6.45) is 2.32. The van der Waals surface area contributed by atoms with Crippen LogP contribution in [0.1, 0.15) is 30.9 Å². The molecule has 0 spiro atoms. The van der Waals surface area contributed by atoms with E-state index in [0.717, 1.165) is 54.7 Å². The van der Waals surface area contributed by atoms with Gasteiger partial charge in [0.1, 0.15) is 0 Å². The lowest BCUT2D eigenvalue weighted by Crippen LogP contribution is -2.47. The monoisotopic (exact) mass is 439 g/mol. The first-order chi connectivity index (χ1) is 15.1. The quantitative estimate of drug-likeness (QED) is 0.458. The van der Waals surface area contributed by atoms with Crippen LogP contribution in [0.15, 0.2) is 53.5 Å². The van der Waals surface area contributed by atoms with E-state index >= 15 is 0 Å². The second-order valence-corrected chi connectivity index (χ2v) is 8.71. The molecule has 2 fully saturated rings. The first-order valence-corrected chi connectivity index (χ1v) is 11.3. The third kappa shape index (κ3) is 5.50. The second kappa shape index (κ2) is 9.60. The van der Waals surface area contributed by atoms with Gasteiger partial charge in [-0.3, -0.25) is 4.79 Å². The summed E-state index contributed by atoms with van der Waals surface area (Å²) in [4.78, 5) is 18.5. The van der Waals surface area contributed by atoms with Crippen molar-refractivity contribution < 1.29 is 4.79 Å². The van der Waals surface area contributed by atoms with E-state index in [4.69, 9.17) is 16.6 Å². The summed E-state index contributed by atoms with van der Waals surface area (Å²) in [5, 5.41) is 10.5. The largest absolute Gasteiger partial charge is 0.360 e. The molecule has 1 saturated carbocycles. The summed E-state index contributed by atoms with van der Waals surface area (Å²) in [7, 11) is 0. The number of carbonyl (C=O) groups is 1. The Bertz CT molecular complexity index is 939. The summed E-state index contributed by atoms with van der Waals surface area (Å²) < 4.78 is 0. The van der Waals surface area contributed by atoms with E-state index in [1.54, 1.807) is 0 Å². The van der Waals surface area contributed by atoms with Crippen molar-refractivity contribution in [1.29, 1.82) is 0 Å². The molecule has 4 rings (SSSR count). The first kappa shape index (κ1) is 21.5. The Morgan fingerprint density at radius 3 is 2.68 bits per heavy atom. The number of amides is 1. The SMILES string of the molecule is CCNC(=NCc1ccc(N2CCNC(=O)C2)cc1)NCC1(c2cccc(Cl)c2)CC1. The van der Waals surface area contributed by atoms with Crippen molar-refractivity contribution in [3.05, 3.63) is 64.7 Å². The van der Waals surface area contributed by atoms with Gasteiger partial charge in [-0.2, -0.15) is 0 Å². The number of piperazine rings is 1. The van der Waals surface area contributed by atoms with E-state index in [9.17, 15) is 4.79 Å². The highest BCUT2D eigenvalue weighted by molar-refractivity contribution is 6.30. The molecule has 1 amide bonds. The van der Waals surface area contributed by atoms with Crippen LogP contribution >= 0.6 is 11.6 Å². The predicted octanol–water partition coefficient (Wildman–Crippen LogP) is 3.06. The average Bonchev–Trinajstić information content (AvgIpc) is 3.57. The Balaban J connectivity index is 1.36. The number of halogens is 1. The molecule has 0 aromatic heterocycles. The number of nitrogens with one attached hydrogen (secondary N) is 3. The van der Waals surface area contributed by atoms with Gasteiger partial charge >= 0.3 is 0 Å². The van der Waals surface area contributed by atoms with Crippen LogP contribution in [0.25, 0.3) is 0 Å². The molecule has 0 unspecified atom stereocenters. The fraction of sp³-hybridized carbons (Fsp3) is 0.417. The minimum absolute atomic E-state index is 0.0764. The Morgan fingerprint density at radius 2 is 2.00 bits per heavy atom. The Hall–Kier alpha value is -2.73. The number of hydrogen-bond acceptors (Lipinski definition) is 3. The van der Waals surface area contributed by atoms with Gasteiger partial charge in [0, 0.05) is 42.3 Å². The zero-order valence-corrected chi connectivity index (χ0v) is 18.7. The number of anilines is 1. The predicted molar refractivity (Wildman–Crippen MR) is 127 cm³/mol. The second-order valence-electron chi connectivity index (χ2n) is 8.28. The summed E-state index contributed by atoms with van der Waals surface area (Å²) in [6, 6.07) is 16.5. The zero-order valence-electron chi connectivity index (χ0n) is 18.0. The lowest BCUT2D eigenvalue weighted by atomic mass is 9.96. The van der Waals surface area contributed by atoms with Gasteiger partial charge in [-0.05, 0) is 55.2 Å². The van der Waals surface area contributed by atoms with Gasteiger partial charge in [0.2, 0.25) is 5.91 Å². The minimum atomic E-state index is 0.0764. The van der Waals surface area contributed by atoms with Gasteiger partial charge in [0.05, 0.1) is 13.1 Å². The number of nitrogens with zero attached hydrogens (tertiary/aromatic N) is 2. The molecule has 7 heteroatoms. The molecule has 0 radical (unpaired) electrons. The maximum Gasteiger partial charge on any atom is 0.239 e. The topological polar surface area (TPSA) is 68.8 Å². The maximum atomic E-state index is 11.6. The third-order valence-electron chi connectivity index (χ3n) is 5.99. The smallest absolute Gasteiger partial charge is 0.239 e. The van der Waals surface area contributed by atoms with E-state index in [1.807, 2.05) is 12.1 Å². The highest BCUT2D eigenvalue weighted by Gasteiger charge is 2.44. The number of rotatable bonds is 7. The summed E-state index contributed by atoms with van der Waals surface area (Å²) in [6.45, 7) is 6.28. The Kier molecular flexibility index (Phi) is 6.66. The van der Waals surface area contributed by atoms with Crippen molar-refractivity contribution >= 4 is 29.2 Å². The normalized spacial score (nSPS) is 17.8. The molecule has 31 heavy (non-hydrogen) atoms. The van der Waals surface area contributed by atoms with Gasteiger partial charge in [0.15, 0.2) is 5.96 Å². The van der Waals surface area contributed by atoms with Crippen molar-refractivity contribution in [3.8, 4) is 0 Å². The highest BCUT2D eigenvalue weighted by Crippen LogP contribution is 2.48. The van der Waals surface area contributed by atoms with Gasteiger partial charge in [-0.25, -0.2) is 4.99 Å². The van der Waals surface area contributed by atoms with Crippen LogP contribution in [0.2, 0.25) is 5.02 Å². The highest BCUT2D eigenvalue weighted by atomic mass is 35.5. The maximum absolute atomic E-state index is 11.6. The van der Waals surface area contributed by atoms with Gasteiger partial charge in [-0.1, -0.05) is 35.9 Å². The van der Waals surface area contributed by atoms with Crippen molar-refractivity contribution in [3.63, 3.8) is 0 Å². The fourth-order valence-electron chi connectivity index (χ4n) is 3.97. The van der Waals surface area contributed by atoms with Gasteiger partial charge < -0.3 is 20.9 Å². The molecule has 1 aliphatic heterocycles. The van der Waals surface area contributed by atoms with Gasteiger partial charge in [0.25, 0.3) is 0 Å². The minimum Gasteiger partial charge on any atom is -0.360 e.